The van der Waals surface area contributed by atoms with E-state index in [4.69, 9.17) is 0 Å². The average molecular weight is 364 g/mol. The van der Waals surface area contributed by atoms with E-state index in [1.807, 2.05) is 20.8 Å². The molecule has 0 aliphatic heterocycles. The Bertz CT molecular complexity index is 558. The summed E-state index contributed by atoms with van der Waals surface area (Å²) in [4.78, 5) is 37.0. The number of rotatable bonds is 5. The molecule has 6 heteroatoms. The van der Waals surface area contributed by atoms with Crippen molar-refractivity contribution in [3.05, 3.63) is 0 Å². The second-order valence-electron chi connectivity index (χ2n) is 9.91. The number of hydrogen-bond donors (Lipinski definition) is 3. The predicted octanol–water partition coefficient (Wildman–Crippen LogP) is 1.74. The van der Waals surface area contributed by atoms with E-state index in [2.05, 4.69) is 16.0 Å². The molecule has 3 N–H and O–H groups in total. The lowest BCUT2D eigenvalue weighted by Gasteiger charge is -2.55. The van der Waals surface area contributed by atoms with Gasteiger partial charge >= 0.3 is 0 Å². The lowest BCUT2D eigenvalue weighted by atomic mass is 9.49. The second kappa shape index (κ2) is 6.86. The van der Waals surface area contributed by atoms with Crippen molar-refractivity contribution >= 4 is 17.7 Å². The van der Waals surface area contributed by atoms with Gasteiger partial charge in [-0.15, -0.1) is 0 Å². The number of nitrogens with one attached hydrogen (secondary N) is 3. The van der Waals surface area contributed by atoms with Crippen molar-refractivity contribution in [3.63, 3.8) is 0 Å². The van der Waals surface area contributed by atoms with Gasteiger partial charge in [-0.05, 0) is 84.0 Å². The summed E-state index contributed by atoms with van der Waals surface area (Å²) in [7, 11) is 0. The van der Waals surface area contributed by atoms with Gasteiger partial charge in [0.2, 0.25) is 17.7 Å². The molecule has 4 aliphatic carbocycles. The third kappa shape index (κ3) is 4.21. The van der Waals surface area contributed by atoms with Crippen LogP contribution in [-0.2, 0) is 14.4 Å². The third-order valence-electron chi connectivity index (χ3n) is 6.20. The van der Waals surface area contributed by atoms with Gasteiger partial charge in [0.1, 0.15) is 6.04 Å². The molecule has 0 aromatic rings. The lowest BCUT2D eigenvalue weighted by molar-refractivity contribution is -0.147. The molecule has 26 heavy (non-hydrogen) atoms. The van der Waals surface area contributed by atoms with Crippen LogP contribution in [0.2, 0.25) is 0 Å². The molecule has 0 heterocycles. The van der Waals surface area contributed by atoms with E-state index in [9.17, 15) is 14.4 Å². The van der Waals surface area contributed by atoms with Crippen molar-refractivity contribution in [2.75, 3.05) is 6.54 Å². The zero-order valence-electron chi connectivity index (χ0n) is 16.5. The Balaban J connectivity index is 1.47. The summed E-state index contributed by atoms with van der Waals surface area (Å²) in [5, 5.41) is 8.35. The van der Waals surface area contributed by atoms with Crippen molar-refractivity contribution in [1.82, 2.24) is 16.0 Å². The van der Waals surface area contributed by atoms with Crippen LogP contribution in [0.15, 0.2) is 0 Å². The van der Waals surface area contributed by atoms with E-state index in [1.165, 1.54) is 19.3 Å². The molecular weight excluding hydrogens is 330 g/mol. The molecule has 0 aromatic carbocycles. The Hall–Kier alpha value is -1.59. The summed E-state index contributed by atoms with van der Waals surface area (Å²) in [5.41, 5.74) is -0.590. The molecule has 4 rings (SSSR count). The van der Waals surface area contributed by atoms with Gasteiger partial charge in [-0.25, -0.2) is 0 Å². The maximum atomic E-state index is 12.8. The molecule has 4 saturated carbocycles. The third-order valence-corrected chi connectivity index (χ3v) is 6.20. The van der Waals surface area contributed by atoms with Crippen molar-refractivity contribution in [2.45, 2.75) is 77.8 Å². The van der Waals surface area contributed by atoms with Gasteiger partial charge in [-0.2, -0.15) is 0 Å². The summed E-state index contributed by atoms with van der Waals surface area (Å²) in [6.45, 7) is 7.27. The Morgan fingerprint density at radius 1 is 1.00 bits per heavy atom. The van der Waals surface area contributed by atoms with Crippen LogP contribution < -0.4 is 16.0 Å². The summed E-state index contributed by atoms with van der Waals surface area (Å²) in [6.07, 6.45) is 6.80. The summed E-state index contributed by atoms with van der Waals surface area (Å²) in [5.74, 6) is 1.59. The van der Waals surface area contributed by atoms with Gasteiger partial charge in [0.25, 0.3) is 0 Å². The minimum Gasteiger partial charge on any atom is -0.350 e. The van der Waals surface area contributed by atoms with E-state index in [1.54, 1.807) is 6.92 Å². The van der Waals surface area contributed by atoms with E-state index in [0.717, 1.165) is 19.3 Å². The fourth-order valence-electron chi connectivity index (χ4n) is 5.57. The number of carbonyl (C=O) groups is 3. The first-order chi connectivity index (χ1) is 12.1. The van der Waals surface area contributed by atoms with Gasteiger partial charge in [-0.1, -0.05) is 0 Å². The van der Waals surface area contributed by atoms with E-state index in [-0.39, 0.29) is 35.2 Å². The fraction of sp³-hybridized carbons (Fsp3) is 0.850. The molecule has 3 amide bonds. The maximum absolute atomic E-state index is 12.8. The highest BCUT2D eigenvalue weighted by Crippen LogP contribution is 2.60. The summed E-state index contributed by atoms with van der Waals surface area (Å²) < 4.78 is 0. The van der Waals surface area contributed by atoms with Crippen molar-refractivity contribution in [3.8, 4) is 0 Å². The number of carbonyl (C=O) groups excluding carboxylic acids is 3. The fourth-order valence-corrected chi connectivity index (χ4v) is 5.57. The van der Waals surface area contributed by atoms with Crippen LogP contribution in [0.1, 0.15) is 66.2 Å². The Morgan fingerprint density at radius 3 is 1.96 bits per heavy atom. The Labute approximate surface area is 156 Å². The highest BCUT2D eigenvalue weighted by Gasteiger charge is 2.54. The quantitative estimate of drug-likeness (QED) is 0.695. The van der Waals surface area contributed by atoms with Gasteiger partial charge in [0.15, 0.2) is 0 Å². The SMILES string of the molecule is CC(NC(=O)CNC(=O)C12CC3CC(CC(C3)C1)C2)C(=O)NC(C)(C)C. The van der Waals surface area contributed by atoms with E-state index >= 15 is 0 Å². The molecule has 4 fully saturated rings. The molecule has 1 atom stereocenters. The van der Waals surface area contributed by atoms with Crippen LogP contribution >= 0.6 is 0 Å². The molecule has 1 unspecified atom stereocenters. The van der Waals surface area contributed by atoms with Crippen LogP contribution in [0, 0.1) is 23.2 Å². The first-order valence-electron chi connectivity index (χ1n) is 9.96. The van der Waals surface area contributed by atoms with Crippen molar-refractivity contribution in [2.24, 2.45) is 23.2 Å². The van der Waals surface area contributed by atoms with E-state index < -0.39 is 6.04 Å². The van der Waals surface area contributed by atoms with Crippen LogP contribution in [-0.4, -0.2) is 35.8 Å². The first-order valence-corrected chi connectivity index (χ1v) is 9.96. The van der Waals surface area contributed by atoms with Gasteiger partial charge < -0.3 is 16.0 Å². The van der Waals surface area contributed by atoms with Crippen molar-refractivity contribution in [1.29, 1.82) is 0 Å². The van der Waals surface area contributed by atoms with Gasteiger partial charge in [-0.3, -0.25) is 14.4 Å². The zero-order chi connectivity index (χ0) is 19.1. The van der Waals surface area contributed by atoms with Crippen molar-refractivity contribution < 1.29 is 14.4 Å². The maximum Gasteiger partial charge on any atom is 0.242 e. The topological polar surface area (TPSA) is 87.3 Å². The predicted molar refractivity (Wildman–Crippen MR) is 99.1 cm³/mol. The Kier molecular flexibility index (Phi) is 5.06. The molecule has 4 aliphatic rings. The monoisotopic (exact) mass is 363 g/mol. The van der Waals surface area contributed by atoms with Crippen LogP contribution in [0.5, 0.6) is 0 Å². The van der Waals surface area contributed by atoms with Crippen LogP contribution in [0.4, 0.5) is 0 Å². The standard InChI is InChI=1S/C20H33N3O3/c1-12(17(25)23-19(2,3)4)22-16(24)11-21-18(26)20-8-13-5-14(9-20)7-15(6-13)10-20/h12-15H,5-11H2,1-4H3,(H,21,26)(H,22,24)(H,23,25). The molecule has 146 valence electrons. The zero-order valence-corrected chi connectivity index (χ0v) is 16.5. The number of amides is 3. The molecule has 0 saturated heterocycles. The van der Waals surface area contributed by atoms with Gasteiger partial charge in [0.05, 0.1) is 6.54 Å². The van der Waals surface area contributed by atoms with Gasteiger partial charge in [0, 0.05) is 11.0 Å². The van der Waals surface area contributed by atoms with Crippen LogP contribution in [0.3, 0.4) is 0 Å². The molecule has 0 radical (unpaired) electrons. The average Bonchev–Trinajstić information content (AvgIpc) is 2.49. The van der Waals surface area contributed by atoms with Crippen LogP contribution in [0.25, 0.3) is 0 Å². The highest BCUT2D eigenvalue weighted by molar-refractivity contribution is 5.91. The molecule has 0 aromatic heterocycles. The number of hydrogen-bond acceptors (Lipinski definition) is 3. The first kappa shape index (κ1) is 19.2. The highest BCUT2D eigenvalue weighted by atomic mass is 16.2. The normalized spacial score (nSPS) is 33.5. The smallest absolute Gasteiger partial charge is 0.242 e. The molecule has 0 spiro atoms. The molecule has 6 nitrogen and oxygen atoms in total. The molecule has 4 bridgehead atoms. The lowest BCUT2D eigenvalue weighted by Crippen LogP contribution is -2.56. The molecular formula is C20H33N3O3. The minimum absolute atomic E-state index is 0.0403. The summed E-state index contributed by atoms with van der Waals surface area (Å²) >= 11 is 0. The minimum atomic E-state index is -0.627. The summed E-state index contributed by atoms with van der Waals surface area (Å²) in [6, 6.07) is -0.627. The largest absolute Gasteiger partial charge is 0.350 e. The Morgan fingerprint density at radius 2 is 1.50 bits per heavy atom. The second-order valence-corrected chi connectivity index (χ2v) is 9.91. The van der Waals surface area contributed by atoms with E-state index in [0.29, 0.717) is 17.8 Å².